The molecule has 3 aromatic rings. The first kappa shape index (κ1) is 15.8. The number of imidazole rings is 1. The standard InChI is InChI=1S/C18H18N4O2/c1-12-7-8-13(24-12)10-22(2)11-17(23)14(9-19)18-20-15-5-3-4-6-16(15)21-18/h3-8,23H,10-11H2,1-2H3,(H,20,21)/p+1/b17-14-. The molecule has 2 heterocycles. The molecule has 0 amide bonds. The quantitative estimate of drug-likeness (QED) is 0.494. The minimum atomic E-state index is 0.0114. The van der Waals surface area contributed by atoms with Gasteiger partial charge in [-0.3, -0.25) is 0 Å². The van der Waals surface area contributed by atoms with Crippen LogP contribution in [0.1, 0.15) is 17.3 Å². The number of allylic oxidation sites excluding steroid dienone is 1. The SMILES string of the molecule is Cc1ccc(C[NH+](C)C/C(O)=C(\C#N)c2nc3ccccc3[nH]2)o1. The van der Waals surface area contributed by atoms with Crippen LogP contribution in [0.3, 0.4) is 0 Å². The molecule has 1 aromatic carbocycles. The molecule has 6 heteroatoms. The number of nitriles is 1. The van der Waals surface area contributed by atoms with E-state index in [1.54, 1.807) is 0 Å². The minimum absolute atomic E-state index is 0.0114. The summed E-state index contributed by atoms with van der Waals surface area (Å²) >= 11 is 0. The molecule has 24 heavy (non-hydrogen) atoms. The van der Waals surface area contributed by atoms with E-state index in [9.17, 15) is 10.4 Å². The fourth-order valence-electron chi connectivity index (χ4n) is 2.64. The second-order valence-corrected chi connectivity index (χ2v) is 5.86. The summed E-state index contributed by atoms with van der Waals surface area (Å²) in [5.74, 6) is 2.10. The van der Waals surface area contributed by atoms with Crippen LogP contribution in [0, 0.1) is 18.3 Å². The van der Waals surface area contributed by atoms with E-state index >= 15 is 0 Å². The van der Waals surface area contributed by atoms with Crippen molar-refractivity contribution in [2.75, 3.05) is 13.6 Å². The highest BCUT2D eigenvalue weighted by molar-refractivity contribution is 5.82. The lowest BCUT2D eigenvalue weighted by Crippen LogP contribution is -3.07. The van der Waals surface area contributed by atoms with Gasteiger partial charge in [0.25, 0.3) is 0 Å². The van der Waals surface area contributed by atoms with Crippen molar-refractivity contribution < 1.29 is 14.4 Å². The van der Waals surface area contributed by atoms with Gasteiger partial charge in [-0.1, -0.05) is 12.1 Å². The Kier molecular flexibility index (Phi) is 4.36. The van der Waals surface area contributed by atoms with E-state index < -0.39 is 0 Å². The molecule has 0 saturated carbocycles. The second kappa shape index (κ2) is 6.60. The van der Waals surface area contributed by atoms with Crippen molar-refractivity contribution in [3.63, 3.8) is 0 Å². The zero-order chi connectivity index (χ0) is 17.1. The Morgan fingerprint density at radius 1 is 1.33 bits per heavy atom. The summed E-state index contributed by atoms with van der Waals surface area (Å²) in [7, 11) is 1.93. The first-order chi connectivity index (χ1) is 11.6. The van der Waals surface area contributed by atoms with Gasteiger partial charge in [0, 0.05) is 0 Å². The molecule has 2 aromatic heterocycles. The van der Waals surface area contributed by atoms with Crippen LogP contribution in [-0.2, 0) is 6.54 Å². The lowest BCUT2D eigenvalue weighted by molar-refractivity contribution is -0.891. The van der Waals surface area contributed by atoms with Gasteiger partial charge >= 0.3 is 0 Å². The number of quaternary nitrogens is 1. The van der Waals surface area contributed by atoms with Gasteiger partial charge in [0.05, 0.1) is 18.1 Å². The number of nitrogens with zero attached hydrogens (tertiary/aromatic N) is 2. The largest absolute Gasteiger partial charge is 0.506 e. The van der Waals surface area contributed by atoms with E-state index in [4.69, 9.17) is 4.42 Å². The molecular formula is C18H19N4O2+. The van der Waals surface area contributed by atoms with Gasteiger partial charge in [0.2, 0.25) is 0 Å². The third-order valence-electron chi connectivity index (χ3n) is 3.77. The van der Waals surface area contributed by atoms with Gasteiger partial charge in [-0.2, -0.15) is 5.26 Å². The number of hydrogen-bond donors (Lipinski definition) is 3. The predicted molar refractivity (Wildman–Crippen MR) is 90.2 cm³/mol. The second-order valence-electron chi connectivity index (χ2n) is 5.86. The molecule has 0 saturated heterocycles. The summed E-state index contributed by atoms with van der Waals surface area (Å²) in [6.45, 7) is 2.82. The van der Waals surface area contributed by atoms with Gasteiger partial charge in [0.15, 0.2) is 17.3 Å². The number of aromatic amines is 1. The number of H-pyrrole nitrogens is 1. The molecule has 0 spiro atoms. The molecule has 122 valence electrons. The average Bonchev–Trinajstić information content (AvgIpc) is 3.13. The highest BCUT2D eigenvalue weighted by Crippen LogP contribution is 2.18. The van der Waals surface area contributed by atoms with E-state index in [0.29, 0.717) is 18.9 Å². The molecule has 1 unspecified atom stereocenters. The number of aromatic nitrogens is 2. The van der Waals surface area contributed by atoms with Crippen LogP contribution in [0.25, 0.3) is 16.6 Å². The van der Waals surface area contributed by atoms with Crippen molar-refractivity contribution in [3.05, 3.63) is 59.5 Å². The monoisotopic (exact) mass is 323 g/mol. The summed E-state index contributed by atoms with van der Waals surface area (Å²) in [5, 5.41) is 19.8. The maximum Gasteiger partial charge on any atom is 0.169 e. The number of aliphatic hydroxyl groups is 1. The fourth-order valence-corrected chi connectivity index (χ4v) is 2.64. The summed E-state index contributed by atoms with van der Waals surface area (Å²) in [4.78, 5) is 8.46. The van der Waals surface area contributed by atoms with Crippen molar-refractivity contribution in [1.82, 2.24) is 9.97 Å². The number of aliphatic hydroxyl groups excluding tert-OH is 1. The van der Waals surface area contributed by atoms with Gasteiger partial charge in [0.1, 0.15) is 30.5 Å². The van der Waals surface area contributed by atoms with E-state index in [1.807, 2.05) is 50.4 Å². The van der Waals surface area contributed by atoms with E-state index in [1.165, 1.54) is 0 Å². The number of fused-ring (bicyclic) bond motifs is 1. The third kappa shape index (κ3) is 3.31. The van der Waals surface area contributed by atoms with E-state index in [2.05, 4.69) is 16.0 Å². The van der Waals surface area contributed by atoms with Crippen molar-refractivity contribution in [1.29, 1.82) is 5.26 Å². The van der Waals surface area contributed by atoms with Gasteiger partial charge in [-0.15, -0.1) is 0 Å². The van der Waals surface area contributed by atoms with Crippen LogP contribution in [0.15, 0.2) is 46.6 Å². The molecular weight excluding hydrogens is 304 g/mol. The van der Waals surface area contributed by atoms with Crippen LogP contribution in [0.4, 0.5) is 0 Å². The minimum Gasteiger partial charge on any atom is -0.506 e. The summed E-state index contributed by atoms with van der Waals surface area (Å²) in [6.07, 6.45) is 0. The Bertz CT molecular complexity index is 897. The van der Waals surface area contributed by atoms with Crippen LogP contribution in [-0.4, -0.2) is 28.7 Å². The lowest BCUT2D eigenvalue weighted by atomic mass is 10.2. The van der Waals surface area contributed by atoms with Crippen molar-refractivity contribution >= 4 is 16.6 Å². The molecule has 0 radical (unpaired) electrons. The number of furan rings is 1. The molecule has 0 aliphatic carbocycles. The van der Waals surface area contributed by atoms with Gasteiger partial charge < -0.3 is 19.4 Å². The first-order valence-electron chi connectivity index (χ1n) is 7.70. The maximum absolute atomic E-state index is 10.4. The molecule has 0 bridgehead atoms. The van der Waals surface area contributed by atoms with Gasteiger partial charge in [-0.25, -0.2) is 4.98 Å². The molecule has 0 fully saturated rings. The number of hydrogen-bond acceptors (Lipinski definition) is 4. The number of likely N-dealkylation sites (N-methyl/N-ethyl adjacent to an activating group) is 1. The predicted octanol–water partition coefficient (Wildman–Crippen LogP) is 1.97. The summed E-state index contributed by atoms with van der Waals surface area (Å²) < 4.78 is 5.55. The number of nitrogens with one attached hydrogen (secondary N) is 2. The molecule has 3 N–H and O–H groups in total. The van der Waals surface area contributed by atoms with Crippen molar-refractivity contribution in [2.24, 2.45) is 0 Å². The summed E-state index contributed by atoms with van der Waals surface area (Å²) in [6, 6.07) is 13.4. The first-order valence-corrected chi connectivity index (χ1v) is 7.70. The third-order valence-corrected chi connectivity index (χ3v) is 3.77. The number of rotatable bonds is 5. The van der Waals surface area contributed by atoms with E-state index in [0.717, 1.165) is 27.5 Å². The highest BCUT2D eigenvalue weighted by Gasteiger charge is 2.17. The topological polar surface area (TPSA) is 90.3 Å². The smallest absolute Gasteiger partial charge is 0.169 e. The molecule has 0 aliphatic heterocycles. The zero-order valence-electron chi connectivity index (χ0n) is 13.6. The van der Waals surface area contributed by atoms with Crippen LogP contribution < -0.4 is 4.90 Å². The summed E-state index contributed by atoms with van der Waals surface area (Å²) in [5.41, 5.74) is 1.76. The molecule has 3 rings (SSSR count). The highest BCUT2D eigenvalue weighted by atomic mass is 16.3. The lowest BCUT2D eigenvalue weighted by Gasteiger charge is -2.12. The Morgan fingerprint density at radius 3 is 2.79 bits per heavy atom. The van der Waals surface area contributed by atoms with Crippen molar-refractivity contribution in [2.45, 2.75) is 13.5 Å². The zero-order valence-corrected chi connectivity index (χ0v) is 13.6. The normalized spacial score (nSPS) is 13.5. The van der Waals surface area contributed by atoms with Crippen LogP contribution in [0.2, 0.25) is 0 Å². The van der Waals surface area contributed by atoms with E-state index in [-0.39, 0.29) is 11.3 Å². The maximum atomic E-state index is 10.4. The Morgan fingerprint density at radius 2 is 2.12 bits per heavy atom. The number of benzene rings is 1. The van der Waals surface area contributed by atoms with Crippen molar-refractivity contribution in [3.8, 4) is 6.07 Å². The Labute approximate surface area is 139 Å². The van der Waals surface area contributed by atoms with Crippen LogP contribution in [0.5, 0.6) is 0 Å². The number of aryl methyl sites for hydroxylation is 1. The molecule has 1 atom stereocenters. The Hall–Kier alpha value is -3.04. The van der Waals surface area contributed by atoms with Gasteiger partial charge in [-0.05, 0) is 31.2 Å². The molecule has 6 nitrogen and oxygen atoms in total. The Balaban J connectivity index is 1.80. The fraction of sp³-hybridized carbons (Fsp3) is 0.222. The van der Waals surface area contributed by atoms with Crippen LogP contribution >= 0.6 is 0 Å². The molecule has 0 aliphatic rings. The average molecular weight is 323 g/mol. The number of para-hydroxylation sites is 2.